The van der Waals surface area contributed by atoms with E-state index in [-0.39, 0.29) is 5.91 Å². The van der Waals surface area contributed by atoms with Crippen molar-refractivity contribution in [1.82, 2.24) is 24.3 Å². The minimum atomic E-state index is 0.148. The molecule has 0 bridgehead atoms. The molecule has 4 heterocycles. The summed E-state index contributed by atoms with van der Waals surface area (Å²) in [5.41, 5.74) is 5.78. The first-order valence-electron chi connectivity index (χ1n) is 12.8. The summed E-state index contributed by atoms with van der Waals surface area (Å²) in [5.74, 6) is 0.863. The highest BCUT2D eigenvalue weighted by Gasteiger charge is 2.23. The maximum atomic E-state index is 13.3. The highest BCUT2D eigenvalue weighted by Crippen LogP contribution is 2.31. The average Bonchev–Trinajstić information content (AvgIpc) is 3.35. The van der Waals surface area contributed by atoms with Crippen molar-refractivity contribution in [3.05, 3.63) is 102 Å². The molecule has 0 saturated carbocycles. The van der Waals surface area contributed by atoms with E-state index in [9.17, 15) is 4.79 Å². The van der Waals surface area contributed by atoms with Crippen molar-refractivity contribution in [2.24, 2.45) is 0 Å². The Bertz CT molecular complexity index is 1560. The minimum Gasteiger partial charge on any atom is -0.339 e. The lowest BCUT2D eigenvalue weighted by Crippen LogP contribution is -2.49. The number of piperazine rings is 1. The van der Waals surface area contributed by atoms with E-state index in [1.807, 2.05) is 65.6 Å². The predicted molar refractivity (Wildman–Crippen MR) is 150 cm³/mol. The molecule has 190 valence electrons. The number of pyridine rings is 1. The highest BCUT2D eigenvalue weighted by molar-refractivity contribution is 6.33. The number of anilines is 1. The Hall–Kier alpha value is -4.23. The number of fused-ring (bicyclic) bond motifs is 1. The van der Waals surface area contributed by atoms with Crippen LogP contribution in [0.5, 0.6) is 0 Å². The number of nitrogens with zero attached hydrogens (tertiary/aromatic N) is 6. The lowest BCUT2D eigenvalue weighted by atomic mass is 10.1. The monoisotopic (exact) mass is 522 g/mol. The molecule has 0 unspecified atom stereocenters. The zero-order valence-electron chi connectivity index (χ0n) is 20.9. The van der Waals surface area contributed by atoms with Crippen LogP contribution in [-0.2, 0) is 11.2 Å². The van der Waals surface area contributed by atoms with Crippen molar-refractivity contribution in [1.29, 1.82) is 0 Å². The third-order valence-corrected chi connectivity index (χ3v) is 7.32. The third-order valence-electron chi connectivity index (χ3n) is 6.99. The van der Waals surface area contributed by atoms with Crippen LogP contribution in [0, 0.1) is 0 Å². The quantitative estimate of drug-likeness (QED) is 0.299. The van der Waals surface area contributed by atoms with Crippen LogP contribution < -0.4 is 4.90 Å². The van der Waals surface area contributed by atoms with Crippen LogP contribution in [0.1, 0.15) is 12.1 Å². The van der Waals surface area contributed by atoms with Gasteiger partial charge in [0.05, 0.1) is 11.4 Å². The van der Waals surface area contributed by atoms with E-state index < -0.39 is 0 Å². The van der Waals surface area contributed by atoms with E-state index in [0.717, 1.165) is 46.8 Å². The molecule has 38 heavy (non-hydrogen) atoms. The Kier molecular flexibility index (Phi) is 6.75. The van der Waals surface area contributed by atoms with Crippen molar-refractivity contribution < 1.29 is 4.79 Å². The first-order valence-corrected chi connectivity index (χ1v) is 13.2. The molecule has 0 aliphatic carbocycles. The van der Waals surface area contributed by atoms with Gasteiger partial charge in [0.2, 0.25) is 11.9 Å². The predicted octanol–water partition coefficient (Wildman–Crippen LogP) is 5.39. The third kappa shape index (κ3) is 4.85. The molecule has 0 N–H and O–H groups in total. The summed E-state index contributed by atoms with van der Waals surface area (Å²) in [6, 6.07) is 23.8. The Morgan fingerprint density at radius 1 is 0.816 bits per heavy atom. The molecule has 1 saturated heterocycles. The Morgan fingerprint density at radius 3 is 2.32 bits per heavy atom. The van der Waals surface area contributed by atoms with Gasteiger partial charge in [-0.3, -0.25) is 4.79 Å². The number of aromatic nitrogens is 4. The molecule has 2 aromatic carbocycles. The normalized spacial score (nSPS) is 13.7. The second-order valence-electron chi connectivity index (χ2n) is 9.32. The van der Waals surface area contributed by atoms with Crippen molar-refractivity contribution in [3.8, 4) is 22.4 Å². The number of imidazole rings is 1. The minimum absolute atomic E-state index is 0.148. The number of carbonyl (C=O) groups is 1. The molecule has 6 rings (SSSR count). The van der Waals surface area contributed by atoms with Crippen molar-refractivity contribution >= 4 is 29.1 Å². The molecule has 0 atom stereocenters. The molecule has 1 fully saturated rings. The fourth-order valence-electron chi connectivity index (χ4n) is 5.01. The van der Waals surface area contributed by atoms with Crippen LogP contribution in [0.2, 0.25) is 5.02 Å². The van der Waals surface area contributed by atoms with Crippen LogP contribution in [0.25, 0.3) is 28.0 Å². The van der Waals surface area contributed by atoms with Gasteiger partial charge in [0.1, 0.15) is 5.65 Å². The number of amides is 1. The Labute approximate surface area is 226 Å². The molecule has 3 aromatic heterocycles. The lowest BCUT2D eigenvalue weighted by molar-refractivity contribution is -0.131. The number of aryl methyl sites for hydroxylation is 1. The van der Waals surface area contributed by atoms with E-state index in [1.165, 1.54) is 0 Å². The zero-order chi connectivity index (χ0) is 25.9. The number of carbonyl (C=O) groups excluding carboxylic acids is 1. The summed E-state index contributed by atoms with van der Waals surface area (Å²) in [4.78, 5) is 31.0. The van der Waals surface area contributed by atoms with Gasteiger partial charge in [-0.15, -0.1) is 0 Å². The van der Waals surface area contributed by atoms with Gasteiger partial charge in [-0.1, -0.05) is 60.1 Å². The van der Waals surface area contributed by atoms with Gasteiger partial charge in [0.15, 0.2) is 0 Å². The molecule has 5 aromatic rings. The fourth-order valence-corrected chi connectivity index (χ4v) is 5.25. The van der Waals surface area contributed by atoms with Crippen LogP contribution in [-0.4, -0.2) is 56.3 Å². The van der Waals surface area contributed by atoms with Gasteiger partial charge in [-0.2, -0.15) is 0 Å². The maximum absolute atomic E-state index is 13.3. The van der Waals surface area contributed by atoms with E-state index in [1.54, 1.807) is 12.4 Å². The van der Waals surface area contributed by atoms with Crippen molar-refractivity contribution in [2.45, 2.75) is 12.8 Å². The van der Waals surface area contributed by atoms with E-state index in [0.29, 0.717) is 36.9 Å². The van der Waals surface area contributed by atoms with Gasteiger partial charge in [-0.05, 0) is 36.2 Å². The summed E-state index contributed by atoms with van der Waals surface area (Å²) in [5, 5.41) is 0.701. The smallest absolute Gasteiger partial charge is 0.225 e. The van der Waals surface area contributed by atoms with E-state index >= 15 is 0 Å². The van der Waals surface area contributed by atoms with Gasteiger partial charge < -0.3 is 14.2 Å². The molecule has 8 heteroatoms. The molecule has 1 amide bonds. The number of benzene rings is 2. The number of hydrogen-bond acceptors (Lipinski definition) is 5. The summed E-state index contributed by atoms with van der Waals surface area (Å²) >= 11 is 6.50. The maximum Gasteiger partial charge on any atom is 0.225 e. The lowest BCUT2D eigenvalue weighted by Gasteiger charge is -2.34. The van der Waals surface area contributed by atoms with Crippen LogP contribution in [0.4, 0.5) is 5.95 Å². The van der Waals surface area contributed by atoms with E-state index in [2.05, 4.69) is 37.6 Å². The summed E-state index contributed by atoms with van der Waals surface area (Å²) in [6.45, 7) is 2.77. The first-order chi connectivity index (χ1) is 18.7. The second-order valence-corrected chi connectivity index (χ2v) is 9.72. The molecule has 1 aliphatic rings. The summed E-state index contributed by atoms with van der Waals surface area (Å²) < 4.78 is 2.11. The number of hydrogen-bond donors (Lipinski definition) is 0. The van der Waals surface area contributed by atoms with Gasteiger partial charge >= 0.3 is 0 Å². The van der Waals surface area contributed by atoms with Gasteiger partial charge in [0.25, 0.3) is 0 Å². The molecule has 0 spiro atoms. The highest BCUT2D eigenvalue weighted by atomic mass is 35.5. The van der Waals surface area contributed by atoms with Crippen molar-refractivity contribution in [2.75, 3.05) is 31.1 Å². The van der Waals surface area contributed by atoms with Crippen molar-refractivity contribution in [3.63, 3.8) is 0 Å². The molecule has 0 radical (unpaired) electrons. The SMILES string of the molecule is O=C(CCc1c(-c2ccccc2)nc2ccc(-c3ccccc3Cl)cn12)N1CCN(c2ncccn2)CC1. The van der Waals surface area contributed by atoms with Gasteiger partial charge in [-0.25, -0.2) is 15.0 Å². The largest absolute Gasteiger partial charge is 0.339 e. The number of halogens is 1. The summed E-state index contributed by atoms with van der Waals surface area (Å²) in [6.07, 6.45) is 6.56. The fraction of sp³-hybridized carbons (Fsp3) is 0.200. The average molecular weight is 523 g/mol. The Balaban J connectivity index is 1.25. The van der Waals surface area contributed by atoms with Crippen LogP contribution >= 0.6 is 11.6 Å². The van der Waals surface area contributed by atoms with Crippen LogP contribution in [0.3, 0.4) is 0 Å². The number of rotatable bonds is 6. The first kappa shape index (κ1) is 24.1. The standard InChI is InChI=1S/C30H27ClN6O/c31-25-10-5-4-9-24(25)23-11-13-27-34-29(22-7-2-1-3-8-22)26(37(27)21-23)12-14-28(38)35-17-19-36(20-18-35)30-32-15-6-16-33-30/h1-11,13,15-16,21H,12,14,17-20H2. The van der Waals surface area contributed by atoms with Crippen LogP contribution in [0.15, 0.2) is 91.4 Å². The van der Waals surface area contributed by atoms with Gasteiger partial charge in [0, 0.05) is 67.3 Å². The van der Waals surface area contributed by atoms with E-state index in [4.69, 9.17) is 16.6 Å². The molecule has 7 nitrogen and oxygen atoms in total. The molecular formula is C30H27ClN6O. The second kappa shape index (κ2) is 10.6. The molecular weight excluding hydrogens is 496 g/mol. The Morgan fingerprint density at radius 2 is 1.55 bits per heavy atom. The topological polar surface area (TPSA) is 66.6 Å². The zero-order valence-corrected chi connectivity index (χ0v) is 21.6. The molecule has 1 aliphatic heterocycles. The summed E-state index contributed by atoms with van der Waals surface area (Å²) in [7, 11) is 0.